The Morgan fingerprint density at radius 3 is 2.87 bits per heavy atom. The summed E-state index contributed by atoms with van der Waals surface area (Å²) in [5, 5.41) is 3.64. The maximum absolute atomic E-state index is 11.7. The molecular formula is C9H13N3O2S. The molecule has 0 spiro atoms. The van der Waals surface area contributed by atoms with Crippen molar-refractivity contribution < 1.29 is 9.32 Å². The van der Waals surface area contributed by atoms with E-state index in [-0.39, 0.29) is 11.7 Å². The molecular weight excluding hydrogens is 214 g/mol. The molecule has 0 aliphatic carbocycles. The van der Waals surface area contributed by atoms with Gasteiger partial charge in [0.15, 0.2) is 0 Å². The second kappa shape index (κ2) is 4.88. The van der Waals surface area contributed by atoms with Crippen molar-refractivity contribution in [2.24, 2.45) is 5.73 Å². The first-order valence-corrected chi connectivity index (χ1v) is 4.88. The minimum atomic E-state index is -0.216. The van der Waals surface area contributed by atoms with Crippen molar-refractivity contribution in [2.75, 3.05) is 13.6 Å². The molecule has 0 atom stereocenters. The predicted molar refractivity (Wildman–Crippen MR) is 59.6 cm³/mol. The van der Waals surface area contributed by atoms with Crippen molar-refractivity contribution in [3.8, 4) is 0 Å². The number of aromatic nitrogens is 1. The molecule has 15 heavy (non-hydrogen) atoms. The number of thiocarbonyl (C=S) groups is 1. The van der Waals surface area contributed by atoms with E-state index in [2.05, 4.69) is 5.16 Å². The highest BCUT2D eigenvalue weighted by molar-refractivity contribution is 7.80. The summed E-state index contributed by atoms with van der Waals surface area (Å²) < 4.78 is 4.85. The fourth-order valence-electron chi connectivity index (χ4n) is 1.03. The zero-order valence-electron chi connectivity index (χ0n) is 8.69. The van der Waals surface area contributed by atoms with E-state index in [4.69, 9.17) is 22.5 Å². The van der Waals surface area contributed by atoms with Crippen LogP contribution in [0, 0.1) is 6.92 Å². The van der Waals surface area contributed by atoms with Gasteiger partial charge in [0.05, 0.1) is 10.7 Å². The maximum atomic E-state index is 11.7. The normalized spacial score (nSPS) is 10.0. The molecule has 1 aromatic heterocycles. The zero-order valence-corrected chi connectivity index (χ0v) is 9.50. The molecule has 0 saturated heterocycles. The van der Waals surface area contributed by atoms with Gasteiger partial charge in [-0.05, 0) is 6.92 Å². The molecule has 0 aromatic carbocycles. The molecule has 1 aromatic rings. The summed E-state index contributed by atoms with van der Waals surface area (Å²) in [5.74, 6) is 0.0183. The van der Waals surface area contributed by atoms with Gasteiger partial charge in [0.25, 0.3) is 5.91 Å². The lowest BCUT2D eigenvalue weighted by Crippen LogP contribution is -2.29. The molecule has 0 saturated carbocycles. The highest BCUT2D eigenvalue weighted by atomic mass is 32.1. The van der Waals surface area contributed by atoms with Crippen LogP contribution in [0.15, 0.2) is 10.6 Å². The summed E-state index contributed by atoms with van der Waals surface area (Å²) >= 11 is 4.73. The van der Waals surface area contributed by atoms with Crippen LogP contribution in [0.1, 0.15) is 22.7 Å². The fourth-order valence-corrected chi connectivity index (χ4v) is 1.12. The summed E-state index contributed by atoms with van der Waals surface area (Å²) in [6.07, 6.45) is 0.505. The van der Waals surface area contributed by atoms with Gasteiger partial charge >= 0.3 is 0 Å². The third-order valence-electron chi connectivity index (χ3n) is 1.88. The number of hydrogen-bond acceptors (Lipinski definition) is 4. The van der Waals surface area contributed by atoms with E-state index in [1.54, 1.807) is 20.0 Å². The van der Waals surface area contributed by atoms with Crippen LogP contribution in [0.5, 0.6) is 0 Å². The van der Waals surface area contributed by atoms with Crippen LogP contribution in [0.4, 0.5) is 0 Å². The Morgan fingerprint density at radius 1 is 1.73 bits per heavy atom. The van der Waals surface area contributed by atoms with E-state index in [9.17, 15) is 4.79 Å². The van der Waals surface area contributed by atoms with Crippen LogP contribution in [-0.4, -0.2) is 34.5 Å². The first-order chi connectivity index (χ1) is 7.00. The van der Waals surface area contributed by atoms with Gasteiger partial charge in [-0.2, -0.15) is 0 Å². The molecule has 2 N–H and O–H groups in total. The Labute approximate surface area is 93.2 Å². The monoisotopic (exact) mass is 227 g/mol. The SMILES string of the molecule is Cc1cc(C(=O)N(C)CCC(N)=S)on1. The van der Waals surface area contributed by atoms with Crippen LogP contribution in [0.3, 0.4) is 0 Å². The third-order valence-corrected chi connectivity index (χ3v) is 2.08. The fraction of sp³-hybridized carbons (Fsp3) is 0.444. The van der Waals surface area contributed by atoms with Crippen LogP contribution < -0.4 is 5.73 Å². The van der Waals surface area contributed by atoms with Crippen molar-refractivity contribution in [1.82, 2.24) is 10.1 Å². The largest absolute Gasteiger partial charge is 0.393 e. The van der Waals surface area contributed by atoms with Crippen molar-refractivity contribution in [3.63, 3.8) is 0 Å². The Morgan fingerprint density at radius 2 is 2.40 bits per heavy atom. The van der Waals surface area contributed by atoms with Gasteiger partial charge in [-0.3, -0.25) is 4.79 Å². The topological polar surface area (TPSA) is 72.4 Å². The van der Waals surface area contributed by atoms with Gasteiger partial charge in [-0.15, -0.1) is 0 Å². The van der Waals surface area contributed by atoms with Gasteiger partial charge < -0.3 is 15.2 Å². The lowest BCUT2D eigenvalue weighted by atomic mass is 10.3. The highest BCUT2D eigenvalue weighted by Gasteiger charge is 2.16. The number of nitrogens with two attached hydrogens (primary N) is 1. The van der Waals surface area contributed by atoms with Crippen LogP contribution in [0.2, 0.25) is 0 Å². The summed E-state index contributed by atoms with van der Waals surface area (Å²) in [4.78, 5) is 13.6. The minimum absolute atomic E-state index is 0.216. The molecule has 82 valence electrons. The summed E-state index contributed by atoms with van der Waals surface area (Å²) in [6.45, 7) is 2.24. The molecule has 0 radical (unpaired) electrons. The van der Waals surface area contributed by atoms with Gasteiger partial charge in [-0.25, -0.2) is 0 Å². The van der Waals surface area contributed by atoms with E-state index in [1.807, 2.05) is 0 Å². The Bertz CT molecular complexity index is 375. The summed E-state index contributed by atoms with van der Waals surface area (Å²) in [6, 6.07) is 1.60. The number of aryl methyl sites for hydroxylation is 1. The molecule has 0 unspecified atom stereocenters. The number of hydrogen-bond donors (Lipinski definition) is 1. The summed E-state index contributed by atoms with van der Waals surface area (Å²) in [5.41, 5.74) is 6.02. The smallest absolute Gasteiger partial charge is 0.292 e. The van der Waals surface area contributed by atoms with Crippen LogP contribution in [-0.2, 0) is 0 Å². The lowest BCUT2D eigenvalue weighted by Gasteiger charge is -2.14. The average molecular weight is 227 g/mol. The van der Waals surface area contributed by atoms with E-state index in [1.165, 1.54) is 4.90 Å². The van der Waals surface area contributed by atoms with Gasteiger partial charge in [-0.1, -0.05) is 17.4 Å². The van der Waals surface area contributed by atoms with Crippen molar-refractivity contribution in [2.45, 2.75) is 13.3 Å². The second-order valence-electron chi connectivity index (χ2n) is 3.28. The molecule has 1 heterocycles. The summed E-state index contributed by atoms with van der Waals surface area (Å²) in [7, 11) is 1.67. The van der Waals surface area contributed by atoms with Crippen LogP contribution >= 0.6 is 12.2 Å². The van der Waals surface area contributed by atoms with Gasteiger partial charge in [0.2, 0.25) is 5.76 Å². The Hall–Kier alpha value is -1.43. The predicted octanol–water partition coefficient (Wildman–Crippen LogP) is 0.731. The maximum Gasteiger partial charge on any atom is 0.292 e. The number of nitrogens with zero attached hydrogens (tertiary/aromatic N) is 2. The first-order valence-electron chi connectivity index (χ1n) is 4.48. The molecule has 0 aliphatic heterocycles. The molecule has 6 heteroatoms. The molecule has 0 bridgehead atoms. The highest BCUT2D eigenvalue weighted by Crippen LogP contribution is 2.05. The number of rotatable bonds is 4. The van der Waals surface area contributed by atoms with Crippen molar-refractivity contribution in [3.05, 3.63) is 17.5 Å². The van der Waals surface area contributed by atoms with E-state index < -0.39 is 0 Å². The molecule has 1 amide bonds. The quantitative estimate of drug-likeness (QED) is 0.768. The van der Waals surface area contributed by atoms with E-state index in [0.717, 1.165) is 0 Å². The minimum Gasteiger partial charge on any atom is -0.393 e. The first kappa shape index (κ1) is 11.6. The Kier molecular flexibility index (Phi) is 3.79. The van der Waals surface area contributed by atoms with Crippen molar-refractivity contribution >= 4 is 23.1 Å². The Balaban J connectivity index is 2.57. The third kappa shape index (κ3) is 3.32. The molecule has 1 rings (SSSR count). The molecule has 5 nitrogen and oxygen atoms in total. The van der Waals surface area contributed by atoms with Crippen LogP contribution in [0.25, 0.3) is 0 Å². The average Bonchev–Trinajstić information content (AvgIpc) is 2.60. The number of carbonyl (C=O) groups excluding carboxylic acids is 1. The molecule has 0 aliphatic rings. The zero-order chi connectivity index (χ0) is 11.4. The van der Waals surface area contributed by atoms with E-state index in [0.29, 0.717) is 23.6 Å². The second-order valence-corrected chi connectivity index (χ2v) is 3.80. The standard InChI is InChI=1S/C9H13N3O2S/c1-6-5-7(14-11-6)9(13)12(2)4-3-8(10)15/h5H,3-4H2,1-2H3,(H2,10,15). The van der Waals surface area contributed by atoms with E-state index >= 15 is 0 Å². The number of amides is 1. The number of carbonyl (C=O) groups is 1. The van der Waals surface area contributed by atoms with Gasteiger partial charge in [0, 0.05) is 26.1 Å². The van der Waals surface area contributed by atoms with Crippen molar-refractivity contribution in [1.29, 1.82) is 0 Å². The molecule has 0 fully saturated rings. The lowest BCUT2D eigenvalue weighted by molar-refractivity contribution is 0.0757. The van der Waals surface area contributed by atoms with Gasteiger partial charge in [0.1, 0.15) is 0 Å².